The van der Waals surface area contributed by atoms with Gasteiger partial charge >= 0.3 is 0 Å². The molecule has 2 aromatic heterocycles. The van der Waals surface area contributed by atoms with Gasteiger partial charge in [0, 0.05) is 23.4 Å². The largest absolute Gasteiger partial charge is 0.494 e. The van der Waals surface area contributed by atoms with Crippen molar-refractivity contribution >= 4 is 10.9 Å². The van der Waals surface area contributed by atoms with E-state index in [0.29, 0.717) is 12.6 Å². The third-order valence-electron chi connectivity index (χ3n) is 4.74. The zero-order chi connectivity index (χ0) is 17.1. The van der Waals surface area contributed by atoms with Gasteiger partial charge in [-0.3, -0.25) is 4.79 Å². The fourth-order valence-electron chi connectivity index (χ4n) is 3.45. The molecule has 0 saturated heterocycles. The van der Waals surface area contributed by atoms with Crippen molar-refractivity contribution in [2.24, 2.45) is 0 Å². The monoisotopic (exact) mass is 339 g/mol. The van der Waals surface area contributed by atoms with Gasteiger partial charge in [0.25, 0.3) is 0 Å². The molecule has 25 heavy (non-hydrogen) atoms. The second kappa shape index (κ2) is 7.04. The first-order chi connectivity index (χ1) is 12.3. The van der Waals surface area contributed by atoms with Crippen LogP contribution >= 0.6 is 0 Å². The van der Waals surface area contributed by atoms with Crippen LogP contribution in [0.15, 0.2) is 35.1 Å². The number of benzene rings is 1. The summed E-state index contributed by atoms with van der Waals surface area (Å²) in [6, 6.07) is 9.47. The second-order valence-corrected chi connectivity index (χ2v) is 6.50. The molecule has 1 fully saturated rings. The standard InChI is InChI=1S/C18H21N5O2/c24-18-10-7-13-12-15(8-9-16(13)19-18)25-11-3-6-17-20-21-22-23(17)14-4-1-2-5-14/h7-10,12,14H,1-6,11H2,(H,19,24). The van der Waals surface area contributed by atoms with Gasteiger partial charge in [0.05, 0.1) is 12.6 Å². The van der Waals surface area contributed by atoms with Crippen LogP contribution in [0.4, 0.5) is 0 Å². The van der Waals surface area contributed by atoms with Crippen molar-refractivity contribution in [2.45, 2.75) is 44.6 Å². The summed E-state index contributed by atoms with van der Waals surface area (Å²) >= 11 is 0. The first kappa shape index (κ1) is 15.8. The predicted octanol–water partition coefficient (Wildman–Crippen LogP) is 2.64. The van der Waals surface area contributed by atoms with Crippen LogP contribution in [-0.4, -0.2) is 31.8 Å². The Balaban J connectivity index is 1.33. The van der Waals surface area contributed by atoms with Gasteiger partial charge in [-0.1, -0.05) is 12.8 Å². The highest BCUT2D eigenvalue weighted by molar-refractivity contribution is 5.79. The number of H-pyrrole nitrogens is 1. The fraction of sp³-hybridized carbons (Fsp3) is 0.444. The van der Waals surface area contributed by atoms with E-state index in [-0.39, 0.29) is 5.56 Å². The highest BCUT2D eigenvalue weighted by atomic mass is 16.5. The van der Waals surface area contributed by atoms with E-state index < -0.39 is 0 Å². The number of tetrazole rings is 1. The summed E-state index contributed by atoms with van der Waals surface area (Å²) in [6.07, 6.45) is 6.54. The quantitative estimate of drug-likeness (QED) is 0.698. The van der Waals surface area contributed by atoms with Crippen LogP contribution in [0, 0.1) is 0 Å². The number of rotatable bonds is 6. The maximum absolute atomic E-state index is 11.3. The van der Waals surface area contributed by atoms with E-state index in [1.807, 2.05) is 22.9 Å². The summed E-state index contributed by atoms with van der Waals surface area (Å²) in [4.78, 5) is 14.1. The van der Waals surface area contributed by atoms with E-state index in [1.165, 1.54) is 31.7 Å². The minimum Gasteiger partial charge on any atom is -0.494 e. The molecule has 3 aromatic rings. The number of hydrogen-bond acceptors (Lipinski definition) is 5. The number of aromatic nitrogens is 5. The molecule has 7 nitrogen and oxygen atoms in total. The molecule has 0 unspecified atom stereocenters. The molecule has 0 spiro atoms. The van der Waals surface area contributed by atoms with Gasteiger partial charge in [0.2, 0.25) is 5.56 Å². The number of ether oxygens (including phenoxy) is 1. The molecule has 0 aliphatic heterocycles. The molecule has 0 amide bonds. The lowest BCUT2D eigenvalue weighted by atomic mass is 10.2. The van der Waals surface area contributed by atoms with Crippen LogP contribution in [0.25, 0.3) is 10.9 Å². The molecule has 1 aliphatic carbocycles. The number of aromatic amines is 1. The van der Waals surface area contributed by atoms with Crippen molar-refractivity contribution in [3.05, 3.63) is 46.5 Å². The van der Waals surface area contributed by atoms with Crippen molar-refractivity contribution < 1.29 is 4.74 Å². The lowest BCUT2D eigenvalue weighted by Gasteiger charge is -2.11. The Hall–Kier alpha value is -2.70. The summed E-state index contributed by atoms with van der Waals surface area (Å²) in [5, 5.41) is 13.1. The molecule has 1 saturated carbocycles. The number of nitrogens with zero attached hydrogens (tertiary/aromatic N) is 4. The highest BCUT2D eigenvalue weighted by Gasteiger charge is 2.20. The van der Waals surface area contributed by atoms with E-state index in [0.717, 1.165) is 35.3 Å². The maximum atomic E-state index is 11.3. The normalized spacial score (nSPS) is 15.0. The Labute approximate surface area is 145 Å². The van der Waals surface area contributed by atoms with Crippen molar-refractivity contribution in [3.8, 4) is 5.75 Å². The summed E-state index contributed by atoms with van der Waals surface area (Å²) in [5.74, 6) is 1.75. The van der Waals surface area contributed by atoms with E-state index >= 15 is 0 Å². The molecule has 1 N–H and O–H groups in total. The first-order valence-electron chi connectivity index (χ1n) is 8.82. The van der Waals surface area contributed by atoms with Gasteiger partial charge in [-0.05, 0) is 54.0 Å². The molecule has 0 atom stereocenters. The average molecular weight is 339 g/mol. The van der Waals surface area contributed by atoms with Crippen molar-refractivity contribution in [2.75, 3.05) is 6.61 Å². The van der Waals surface area contributed by atoms with Gasteiger partial charge in [-0.2, -0.15) is 0 Å². The molecule has 7 heteroatoms. The Morgan fingerprint density at radius 2 is 2.08 bits per heavy atom. The lowest BCUT2D eigenvalue weighted by Crippen LogP contribution is -2.12. The van der Waals surface area contributed by atoms with Crippen LogP contribution in [0.5, 0.6) is 5.75 Å². The Morgan fingerprint density at radius 3 is 2.96 bits per heavy atom. The van der Waals surface area contributed by atoms with Crippen molar-refractivity contribution in [1.29, 1.82) is 0 Å². The summed E-state index contributed by atoms with van der Waals surface area (Å²) in [6.45, 7) is 0.604. The summed E-state index contributed by atoms with van der Waals surface area (Å²) in [7, 11) is 0. The first-order valence-corrected chi connectivity index (χ1v) is 8.82. The third-order valence-corrected chi connectivity index (χ3v) is 4.74. The molecule has 1 aromatic carbocycles. The molecular weight excluding hydrogens is 318 g/mol. The van der Waals surface area contributed by atoms with Gasteiger partial charge in [-0.15, -0.1) is 5.10 Å². The Kier molecular flexibility index (Phi) is 4.45. The molecule has 130 valence electrons. The zero-order valence-corrected chi connectivity index (χ0v) is 14.0. The smallest absolute Gasteiger partial charge is 0.248 e. The summed E-state index contributed by atoms with van der Waals surface area (Å²) < 4.78 is 7.84. The fourth-order valence-corrected chi connectivity index (χ4v) is 3.45. The molecule has 1 aliphatic rings. The minimum atomic E-state index is -0.0962. The van der Waals surface area contributed by atoms with Crippen molar-refractivity contribution in [3.63, 3.8) is 0 Å². The average Bonchev–Trinajstić information content (AvgIpc) is 3.30. The van der Waals surface area contributed by atoms with Crippen LogP contribution in [0.1, 0.15) is 44.0 Å². The van der Waals surface area contributed by atoms with Gasteiger partial charge in [-0.25, -0.2) is 4.68 Å². The minimum absolute atomic E-state index is 0.0962. The predicted molar refractivity (Wildman–Crippen MR) is 93.7 cm³/mol. The molecule has 0 radical (unpaired) electrons. The molecular formula is C18H21N5O2. The topological polar surface area (TPSA) is 85.7 Å². The Bertz CT molecular complexity index is 911. The van der Waals surface area contributed by atoms with E-state index in [9.17, 15) is 4.79 Å². The maximum Gasteiger partial charge on any atom is 0.248 e. The number of nitrogens with one attached hydrogen (secondary N) is 1. The number of aryl methyl sites for hydroxylation is 1. The van der Waals surface area contributed by atoms with Crippen LogP contribution in [0.3, 0.4) is 0 Å². The number of pyridine rings is 1. The number of fused-ring (bicyclic) bond motifs is 1. The van der Waals surface area contributed by atoms with Crippen LogP contribution in [-0.2, 0) is 6.42 Å². The van der Waals surface area contributed by atoms with Gasteiger partial charge in [0.1, 0.15) is 5.75 Å². The SMILES string of the molecule is O=c1ccc2cc(OCCCc3nnnn3C3CCCC3)ccc2[nH]1. The van der Waals surface area contributed by atoms with E-state index in [1.54, 1.807) is 6.07 Å². The molecule has 0 bridgehead atoms. The van der Waals surface area contributed by atoms with Gasteiger partial charge < -0.3 is 9.72 Å². The van der Waals surface area contributed by atoms with Gasteiger partial charge in [0.15, 0.2) is 5.82 Å². The lowest BCUT2D eigenvalue weighted by molar-refractivity contribution is 0.308. The van der Waals surface area contributed by atoms with E-state index in [4.69, 9.17) is 4.74 Å². The van der Waals surface area contributed by atoms with Crippen LogP contribution in [0.2, 0.25) is 0 Å². The zero-order valence-electron chi connectivity index (χ0n) is 14.0. The number of hydrogen-bond donors (Lipinski definition) is 1. The second-order valence-electron chi connectivity index (χ2n) is 6.50. The highest BCUT2D eigenvalue weighted by Crippen LogP contribution is 2.29. The molecule has 4 rings (SSSR count). The third kappa shape index (κ3) is 3.55. The van der Waals surface area contributed by atoms with Crippen LogP contribution < -0.4 is 10.3 Å². The van der Waals surface area contributed by atoms with E-state index in [2.05, 4.69) is 20.5 Å². The molecule has 2 heterocycles. The Morgan fingerprint density at radius 1 is 1.20 bits per heavy atom. The summed E-state index contributed by atoms with van der Waals surface area (Å²) in [5.41, 5.74) is 0.719. The van der Waals surface area contributed by atoms with Crippen molar-refractivity contribution in [1.82, 2.24) is 25.2 Å².